The van der Waals surface area contributed by atoms with Gasteiger partial charge in [0.1, 0.15) is 18.0 Å². The summed E-state index contributed by atoms with van der Waals surface area (Å²) in [5.74, 6) is -2.01. The van der Waals surface area contributed by atoms with Crippen LogP contribution in [-0.2, 0) is 4.74 Å². The molecule has 0 spiro atoms. The summed E-state index contributed by atoms with van der Waals surface area (Å²) in [5.41, 5.74) is 3.57. The lowest BCUT2D eigenvalue weighted by Crippen LogP contribution is -2.18. The van der Waals surface area contributed by atoms with Gasteiger partial charge < -0.3 is 10.1 Å². The summed E-state index contributed by atoms with van der Waals surface area (Å²) in [5, 5.41) is 3.29. The summed E-state index contributed by atoms with van der Waals surface area (Å²) < 4.78 is 32.0. The van der Waals surface area contributed by atoms with Gasteiger partial charge >= 0.3 is 0 Å². The molecule has 26 heavy (non-hydrogen) atoms. The van der Waals surface area contributed by atoms with Gasteiger partial charge in [0.05, 0.1) is 5.69 Å². The molecule has 1 aromatic heterocycles. The second-order valence-corrected chi connectivity index (χ2v) is 6.88. The number of benzene rings is 1. The van der Waals surface area contributed by atoms with Crippen LogP contribution < -0.4 is 5.32 Å². The molecule has 1 aromatic carbocycles. The van der Waals surface area contributed by atoms with Crippen molar-refractivity contribution in [1.29, 1.82) is 0 Å². The summed E-state index contributed by atoms with van der Waals surface area (Å²) in [6, 6.07) is 11.3. The normalized spacial score (nSPS) is 23.8. The standard InChI is InChI=1S/C20H21F2N3O/c1-3-9-23-15-8-7-14-11-24-16(17(14)25-15)12-5-4-6-13(10-12)18-19(26-18)20(2,21)22/h4-8,10-11,16,18-19H,3,9H2,1-2H3,(H,23,25). The van der Waals surface area contributed by atoms with Crippen LogP contribution in [0.4, 0.5) is 14.6 Å². The average molecular weight is 357 g/mol. The van der Waals surface area contributed by atoms with Gasteiger partial charge in [0.15, 0.2) is 6.10 Å². The van der Waals surface area contributed by atoms with E-state index in [4.69, 9.17) is 9.72 Å². The van der Waals surface area contributed by atoms with E-state index in [2.05, 4.69) is 17.2 Å². The molecule has 0 radical (unpaired) electrons. The molecule has 1 fully saturated rings. The van der Waals surface area contributed by atoms with Crippen molar-refractivity contribution in [1.82, 2.24) is 4.98 Å². The molecule has 0 saturated carbocycles. The Labute approximate surface area is 151 Å². The lowest BCUT2D eigenvalue weighted by atomic mass is 9.98. The van der Waals surface area contributed by atoms with Gasteiger partial charge in [0.25, 0.3) is 5.92 Å². The average Bonchev–Trinajstić information content (AvgIpc) is 3.34. The predicted molar refractivity (Wildman–Crippen MR) is 97.1 cm³/mol. The fraction of sp³-hybridized carbons (Fsp3) is 0.400. The van der Waals surface area contributed by atoms with Gasteiger partial charge in [-0.2, -0.15) is 0 Å². The van der Waals surface area contributed by atoms with Crippen molar-refractivity contribution in [2.45, 2.75) is 44.4 Å². The number of hydrogen-bond donors (Lipinski definition) is 1. The SMILES string of the molecule is CCCNc1ccc2c(n1)C(c1cccc(C3OC3C(C)(F)F)c1)N=C2. The topological polar surface area (TPSA) is 49.8 Å². The van der Waals surface area contributed by atoms with E-state index in [1.165, 1.54) is 0 Å². The Morgan fingerprint density at radius 1 is 1.19 bits per heavy atom. The van der Waals surface area contributed by atoms with Crippen molar-refractivity contribution in [2.24, 2.45) is 4.99 Å². The van der Waals surface area contributed by atoms with Crippen LogP contribution in [-0.4, -0.2) is 29.8 Å². The minimum absolute atomic E-state index is 0.215. The van der Waals surface area contributed by atoms with Crippen LogP contribution in [0.15, 0.2) is 41.4 Å². The van der Waals surface area contributed by atoms with Crippen LogP contribution in [0.3, 0.4) is 0 Å². The number of aliphatic imine (C=N–C) groups is 1. The largest absolute Gasteiger partial charge is 0.370 e. The van der Waals surface area contributed by atoms with E-state index in [-0.39, 0.29) is 6.04 Å². The molecule has 4 rings (SSSR count). The zero-order chi connectivity index (χ0) is 18.3. The molecular formula is C20H21F2N3O. The molecule has 2 aliphatic rings. The molecule has 0 amide bonds. The van der Waals surface area contributed by atoms with Crippen molar-refractivity contribution in [3.05, 3.63) is 58.8 Å². The van der Waals surface area contributed by atoms with E-state index in [9.17, 15) is 8.78 Å². The Morgan fingerprint density at radius 2 is 2.00 bits per heavy atom. The van der Waals surface area contributed by atoms with Crippen molar-refractivity contribution >= 4 is 12.0 Å². The van der Waals surface area contributed by atoms with Gasteiger partial charge in [-0.1, -0.05) is 31.2 Å². The molecule has 2 aromatic rings. The summed E-state index contributed by atoms with van der Waals surface area (Å²) in [6.07, 6.45) is 1.25. The second-order valence-electron chi connectivity index (χ2n) is 6.88. The van der Waals surface area contributed by atoms with Crippen LogP contribution in [0.2, 0.25) is 0 Å². The van der Waals surface area contributed by atoms with Crippen LogP contribution >= 0.6 is 0 Å². The van der Waals surface area contributed by atoms with Gasteiger partial charge in [-0.3, -0.25) is 4.99 Å². The Balaban J connectivity index is 1.59. The number of nitrogens with one attached hydrogen (secondary N) is 1. The number of ether oxygens (including phenoxy) is 1. The molecule has 0 aliphatic carbocycles. The molecule has 1 N–H and O–H groups in total. The monoisotopic (exact) mass is 357 g/mol. The van der Waals surface area contributed by atoms with Crippen LogP contribution in [0.25, 0.3) is 0 Å². The maximum absolute atomic E-state index is 13.4. The Hall–Kier alpha value is -2.34. The first-order chi connectivity index (χ1) is 12.5. The summed E-state index contributed by atoms with van der Waals surface area (Å²) in [7, 11) is 0. The smallest absolute Gasteiger partial charge is 0.273 e. The molecule has 1 saturated heterocycles. The van der Waals surface area contributed by atoms with Crippen LogP contribution in [0, 0.1) is 0 Å². The van der Waals surface area contributed by atoms with Crippen LogP contribution in [0.1, 0.15) is 54.8 Å². The van der Waals surface area contributed by atoms with Crippen molar-refractivity contribution in [3.8, 4) is 0 Å². The van der Waals surface area contributed by atoms with Gasteiger partial charge in [-0.15, -0.1) is 0 Å². The zero-order valence-corrected chi connectivity index (χ0v) is 14.7. The first-order valence-electron chi connectivity index (χ1n) is 8.88. The zero-order valence-electron chi connectivity index (χ0n) is 14.7. The highest BCUT2D eigenvalue weighted by Crippen LogP contribution is 2.47. The van der Waals surface area contributed by atoms with E-state index < -0.39 is 18.1 Å². The van der Waals surface area contributed by atoms with E-state index in [1.54, 1.807) is 0 Å². The maximum atomic E-state index is 13.4. The molecule has 3 atom stereocenters. The highest BCUT2D eigenvalue weighted by molar-refractivity contribution is 5.85. The Bertz CT molecular complexity index is 847. The van der Waals surface area contributed by atoms with Crippen LogP contribution in [0.5, 0.6) is 0 Å². The van der Waals surface area contributed by atoms with E-state index in [0.29, 0.717) is 0 Å². The van der Waals surface area contributed by atoms with Crippen molar-refractivity contribution in [3.63, 3.8) is 0 Å². The highest BCUT2D eigenvalue weighted by atomic mass is 19.3. The highest BCUT2D eigenvalue weighted by Gasteiger charge is 2.54. The Morgan fingerprint density at radius 3 is 2.73 bits per heavy atom. The van der Waals surface area contributed by atoms with Crippen molar-refractivity contribution < 1.29 is 13.5 Å². The van der Waals surface area contributed by atoms with E-state index in [1.807, 2.05) is 42.6 Å². The van der Waals surface area contributed by atoms with E-state index >= 15 is 0 Å². The molecular weight excluding hydrogens is 336 g/mol. The lowest BCUT2D eigenvalue weighted by Gasteiger charge is -2.13. The summed E-state index contributed by atoms with van der Waals surface area (Å²) >= 11 is 0. The molecule has 4 nitrogen and oxygen atoms in total. The molecule has 2 aliphatic heterocycles. The fourth-order valence-electron chi connectivity index (χ4n) is 3.29. The van der Waals surface area contributed by atoms with E-state index in [0.717, 1.165) is 48.1 Å². The van der Waals surface area contributed by atoms with Gasteiger partial charge in [0.2, 0.25) is 0 Å². The molecule has 0 bridgehead atoms. The maximum Gasteiger partial charge on any atom is 0.273 e. The number of alkyl halides is 2. The number of aromatic nitrogens is 1. The summed E-state index contributed by atoms with van der Waals surface area (Å²) in [6.45, 7) is 3.86. The number of nitrogens with zero attached hydrogens (tertiary/aromatic N) is 2. The number of epoxide rings is 1. The molecule has 3 heterocycles. The minimum atomic E-state index is -2.83. The first-order valence-corrected chi connectivity index (χ1v) is 8.88. The predicted octanol–water partition coefficient (Wildman–Crippen LogP) is 4.52. The third-order valence-corrected chi connectivity index (χ3v) is 4.68. The number of pyridine rings is 1. The summed E-state index contributed by atoms with van der Waals surface area (Å²) in [4.78, 5) is 9.29. The molecule has 3 unspecified atom stereocenters. The van der Waals surface area contributed by atoms with Gasteiger partial charge in [-0.25, -0.2) is 13.8 Å². The second kappa shape index (κ2) is 6.43. The fourth-order valence-corrected chi connectivity index (χ4v) is 3.29. The number of halogens is 2. The third-order valence-electron chi connectivity index (χ3n) is 4.68. The number of rotatable bonds is 6. The minimum Gasteiger partial charge on any atom is -0.370 e. The number of anilines is 1. The van der Waals surface area contributed by atoms with Gasteiger partial charge in [0, 0.05) is 25.2 Å². The molecule has 6 heteroatoms. The van der Waals surface area contributed by atoms with Crippen molar-refractivity contribution in [2.75, 3.05) is 11.9 Å². The Kier molecular flexibility index (Phi) is 4.23. The molecule has 136 valence electrons. The first kappa shape index (κ1) is 17.1. The third kappa shape index (κ3) is 3.21. The lowest BCUT2D eigenvalue weighted by molar-refractivity contribution is -0.00707. The number of hydrogen-bond acceptors (Lipinski definition) is 4. The number of fused-ring (bicyclic) bond motifs is 1. The quantitative estimate of drug-likeness (QED) is 0.773. The van der Waals surface area contributed by atoms with Gasteiger partial charge in [-0.05, 0) is 29.7 Å².